The Bertz CT molecular complexity index is 947. The van der Waals surface area contributed by atoms with Gasteiger partial charge < -0.3 is 15.4 Å². The van der Waals surface area contributed by atoms with E-state index in [1.54, 1.807) is 12.1 Å². The lowest BCUT2D eigenvalue weighted by Gasteiger charge is -2.08. The third-order valence-electron chi connectivity index (χ3n) is 3.69. The monoisotopic (exact) mass is 439 g/mol. The van der Waals surface area contributed by atoms with E-state index < -0.39 is 0 Å². The van der Waals surface area contributed by atoms with Gasteiger partial charge in [0.15, 0.2) is 0 Å². The fraction of sp³-hybridized carbons (Fsp3) is 0.0952. The van der Waals surface area contributed by atoms with Gasteiger partial charge in [0.25, 0.3) is 0 Å². The van der Waals surface area contributed by atoms with Gasteiger partial charge in [-0.2, -0.15) is 0 Å². The molecule has 6 nitrogen and oxygen atoms in total. The second-order valence-electron chi connectivity index (χ2n) is 5.93. The molecule has 7 heteroatoms. The van der Waals surface area contributed by atoms with Crippen molar-refractivity contribution in [3.63, 3.8) is 0 Å². The molecule has 0 spiro atoms. The number of nitrogens with zero attached hydrogens (tertiary/aromatic N) is 1. The molecule has 0 saturated carbocycles. The smallest absolute Gasteiger partial charge is 0.243 e. The number of rotatable bonds is 7. The Morgan fingerprint density at radius 1 is 0.964 bits per heavy atom. The molecule has 0 aliphatic rings. The van der Waals surface area contributed by atoms with Gasteiger partial charge in [0.05, 0.1) is 24.8 Å². The first-order valence-corrected chi connectivity index (χ1v) is 9.38. The summed E-state index contributed by atoms with van der Waals surface area (Å²) < 4.78 is 6.55. The lowest BCUT2D eigenvalue weighted by molar-refractivity contribution is -0.123. The lowest BCUT2D eigenvalue weighted by atomic mass is 10.1. The van der Waals surface area contributed by atoms with Crippen molar-refractivity contribution in [3.8, 4) is 11.6 Å². The Balaban J connectivity index is 1.45. The van der Waals surface area contributed by atoms with E-state index in [4.69, 9.17) is 4.74 Å². The van der Waals surface area contributed by atoms with Crippen LogP contribution in [0.1, 0.15) is 5.56 Å². The number of ether oxygens (including phenoxy) is 1. The molecule has 0 radical (unpaired) electrons. The van der Waals surface area contributed by atoms with E-state index in [2.05, 4.69) is 31.5 Å². The molecule has 2 N–H and O–H groups in total. The minimum absolute atomic E-state index is 0.109. The van der Waals surface area contributed by atoms with Gasteiger partial charge in [-0.15, -0.1) is 0 Å². The Hall–Kier alpha value is -3.19. The molecule has 0 aliphatic carbocycles. The summed E-state index contributed by atoms with van der Waals surface area (Å²) in [5.74, 6) is 0.521. The molecule has 1 heterocycles. The maximum Gasteiger partial charge on any atom is 0.243 e. The zero-order valence-electron chi connectivity index (χ0n) is 14.9. The molecule has 0 saturated heterocycles. The molecule has 3 rings (SSSR count). The number of hydrogen-bond donors (Lipinski definition) is 2. The molecule has 0 atom stereocenters. The lowest BCUT2D eigenvalue weighted by Crippen LogP contribution is -2.33. The van der Waals surface area contributed by atoms with E-state index in [0.29, 0.717) is 17.3 Å². The van der Waals surface area contributed by atoms with Gasteiger partial charge in [0, 0.05) is 10.5 Å². The van der Waals surface area contributed by atoms with Crippen molar-refractivity contribution in [2.24, 2.45) is 0 Å². The van der Waals surface area contributed by atoms with Gasteiger partial charge in [-0.3, -0.25) is 9.59 Å². The van der Waals surface area contributed by atoms with E-state index in [1.807, 2.05) is 54.6 Å². The highest BCUT2D eigenvalue weighted by molar-refractivity contribution is 9.10. The number of anilines is 1. The number of halogens is 1. The topological polar surface area (TPSA) is 80.3 Å². The van der Waals surface area contributed by atoms with Crippen LogP contribution in [0, 0.1) is 0 Å². The average molecular weight is 440 g/mol. The van der Waals surface area contributed by atoms with Crippen LogP contribution < -0.4 is 15.4 Å². The Labute approximate surface area is 171 Å². The van der Waals surface area contributed by atoms with Crippen LogP contribution in [0.15, 0.2) is 77.4 Å². The summed E-state index contributed by atoms with van der Waals surface area (Å²) in [7, 11) is 0. The van der Waals surface area contributed by atoms with Crippen LogP contribution in [0.2, 0.25) is 0 Å². The number of benzene rings is 2. The summed E-state index contributed by atoms with van der Waals surface area (Å²) in [5.41, 5.74) is 1.41. The number of hydrogen-bond acceptors (Lipinski definition) is 4. The fourth-order valence-electron chi connectivity index (χ4n) is 2.39. The third kappa shape index (κ3) is 6.21. The van der Waals surface area contributed by atoms with Gasteiger partial charge in [0.1, 0.15) is 5.75 Å². The van der Waals surface area contributed by atoms with Gasteiger partial charge in [-0.25, -0.2) is 4.98 Å². The summed E-state index contributed by atoms with van der Waals surface area (Å²) in [6.45, 7) is -0.109. The molecule has 0 aliphatic heterocycles. The number of carbonyl (C=O) groups is 2. The number of aromatic nitrogens is 1. The van der Waals surface area contributed by atoms with E-state index in [-0.39, 0.29) is 24.8 Å². The van der Waals surface area contributed by atoms with Crippen LogP contribution >= 0.6 is 15.9 Å². The molecule has 28 heavy (non-hydrogen) atoms. The molecule has 0 bridgehead atoms. The first kappa shape index (κ1) is 19.6. The standard InChI is InChI=1S/C21H18BrN3O3/c22-16-7-4-8-18(12-16)28-21-10-9-17(13-24-21)25-20(27)14-23-19(26)11-15-5-2-1-3-6-15/h1-10,12-13H,11,14H2,(H,23,26)(H,25,27). The van der Waals surface area contributed by atoms with E-state index in [1.165, 1.54) is 6.20 Å². The second-order valence-corrected chi connectivity index (χ2v) is 6.85. The predicted molar refractivity (Wildman–Crippen MR) is 110 cm³/mol. The molecule has 0 unspecified atom stereocenters. The average Bonchev–Trinajstić information content (AvgIpc) is 2.69. The van der Waals surface area contributed by atoms with Crippen molar-refractivity contribution in [2.75, 3.05) is 11.9 Å². The van der Waals surface area contributed by atoms with Crippen molar-refractivity contribution in [1.29, 1.82) is 0 Å². The number of amides is 2. The fourth-order valence-corrected chi connectivity index (χ4v) is 2.77. The molecular formula is C21H18BrN3O3. The molecule has 3 aromatic rings. The van der Waals surface area contributed by atoms with Crippen molar-refractivity contribution in [1.82, 2.24) is 10.3 Å². The number of pyridine rings is 1. The van der Waals surface area contributed by atoms with E-state index in [0.717, 1.165) is 10.0 Å². The summed E-state index contributed by atoms with van der Waals surface area (Å²) in [4.78, 5) is 28.0. The summed E-state index contributed by atoms with van der Waals surface area (Å²) in [5, 5.41) is 5.28. The molecule has 0 fully saturated rings. The number of carbonyl (C=O) groups excluding carboxylic acids is 2. The quantitative estimate of drug-likeness (QED) is 0.584. The van der Waals surface area contributed by atoms with Crippen LogP contribution in [0.4, 0.5) is 5.69 Å². The maximum atomic E-state index is 12.0. The minimum Gasteiger partial charge on any atom is -0.439 e. The van der Waals surface area contributed by atoms with Crippen molar-refractivity contribution < 1.29 is 14.3 Å². The van der Waals surface area contributed by atoms with Gasteiger partial charge in [0.2, 0.25) is 17.7 Å². The first-order valence-electron chi connectivity index (χ1n) is 8.58. The van der Waals surface area contributed by atoms with Gasteiger partial charge >= 0.3 is 0 Å². The van der Waals surface area contributed by atoms with Crippen LogP contribution in [-0.2, 0) is 16.0 Å². The van der Waals surface area contributed by atoms with Crippen molar-refractivity contribution in [3.05, 3.63) is 83.0 Å². The highest BCUT2D eigenvalue weighted by atomic mass is 79.9. The predicted octanol–water partition coefficient (Wildman–Crippen LogP) is 3.93. The summed E-state index contributed by atoms with van der Waals surface area (Å²) in [6.07, 6.45) is 1.73. The normalized spacial score (nSPS) is 10.2. The third-order valence-corrected chi connectivity index (χ3v) is 4.19. The highest BCUT2D eigenvalue weighted by Gasteiger charge is 2.07. The van der Waals surface area contributed by atoms with Gasteiger partial charge in [-0.1, -0.05) is 52.3 Å². The number of nitrogens with one attached hydrogen (secondary N) is 2. The molecule has 2 amide bonds. The van der Waals surface area contributed by atoms with Crippen LogP contribution in [-0.4, -0.2) is 23.3 Å². The largest absolute Gasteiger partial charge is 0.439 e. The zero-order valence-corrected chi connectivity index (χ0v) is 16.5. The molecule has 142 valence electrons. The summed E-state index contributed by atoms with van der Waals surface area (Å²) >= 11 is 3.38. The SMILES string of the molecule is O=C(Cc1ccccc1)NCC(=O)Nc1ccc(Oc2cccc(Br)c2)nc1. The van der Waals surface area contributed by atoms with Crippen molar-refractivity contribution >= 4 is 33.4 Å². The summed E-state index contributed by atoms with van der Waals surface area (Å²) in [6, 6.07) is 20.1. The van der Waals surface area contributed by atoms with Crippen LogP contribution in [0.25, 0.3) is 0 Å². The highest BCUT2D eigenvalue weighted by Crippen LogP contribution is 2.23. The van der Waals surface area contributed by atoms with E-state index >= 15 is 0 Å². The Morgan fingerprint density at radius 2 is 1.79 bits per heavy atom. The Morgan fingerprint density at radius 3 is 2.50 bits per heavy atom. The van der Waals surface area contributed by atoms with Crippen molar-refractivity contribution in [2.45, 2.75) is 6.42 Å². The van der Waals surface area contributed by atoms with Gasteiger partial charge in [-0.05, 0) is 29.8 Å². The first-order chi connectivity index (χ1) is 13.6. The molecule has 1 aromatic heterocycles. The minimum atomic E-state index is -0.330. The Kier molecular flexibility index (Phi) is 6.75. The second kappa shape index (κ2) is 9.66. The van der Waals surface area contributed by atoms with Crippen LogP contribution in [0.5, 0.6) is 11.6 Å². The molecular weight excluding hydrogens is 422 g/mol. The van der Waals surface area contributed by atoms with Crippen LogP contribution in [0.3, 0.4) is 0 Å². The van der Waals surface area contributed by atoms with E-state index in [9.17, 15) is 9.59 Å². The molecule has 2 aromatic carbocycles. The zero-order chi connectivity index (χ0) is 19.8. The maximum absolute atomic E-state index is 12.0.